The number of para-hydroxylation sites is 1. The predicted molar refractivity (Wildman–Crippen MR) is 228 cm³/mol. The quantitative estimate of drug-likeness (QED) is 0.182. The number of benzene rings is 8. The van der Waals surface area contributed by atoms with E-state index in [0.29, 0.717) is 17.5 Å². The molecule has 0 atom stereocenters. The van der Waals surface area contributed by atoms with Crippen LogP contribution in [0.1, 0.15) is 0 Å². The molecular weight excluding hydrogens is 693 g/mol. The average molecular weight is 721 g/mol. The lowest BCUT2D eigenvalue weighted by atomic mass is 9.99. The van der Waals surface area contributed by atoms with Gasteiger partial charge in [-0.05, 0) is 53.9 Å². The van der Waals surface area contributed by atoms with E-state index in [2.05, 4.69) is 114 Å². The van der Waals surface area contributed by atoms with Gasteiger partial charge in [-0.2, -0.15) is 0 Å². The summed E-state index contributed by atoms with van der Waals surface area (Å²) >= 11 is 1.85. The van der Waals surface area contributed by atoms with Crippen LogP contribution in [0.2, 0.25) is 0 Å². The maximum Gasteiger partial charge on any atom is 0.164 e. The molecular formula is C49H28N4OS. The van der Waals surface area contributed by atoms with Crippen molar-refractivity contribution in [2.24, 2.45) is 0 Å². The Balaban J connectivity index is 1.16. The van der Waals surface area contributed by atoms with Gasteiger partial charge in [0.25, 0.3) is 0 Å². The van der Waals surface area contributed by atoms with Crippen LogP contribution < -0.4 is 0 Å². The fourth-order valence-electron chi connectivity index (χ4n) is 8.31. The smallest absolute Gasteiger partial charge is 0.164 e. The summed E-state index contributed by atoms with van der Waals surface area (Å²) < 4.78 is 11.8. The lowest BCUT2D eigenvalue weighted by Gasteiger charge is -2.11. The highest BCUT2D eigenvalue weighted by molar-refractivity contribution is 7.25. The van der Waals surface area contributed by atoms with E-state index in [1.807, 2.05) is 72.0 Å². The van der Waals surface area contributed by atoms with Gasteiger partial charge in [-0.1, -0.05) is 121 Å². The minimum atomic E-state index is 0.598. The van der Waals surface area contributed by atoms with Gasteiger partial charge in [-0.25, -0.2) is 15.0 Å². The van der Waals surface area contributed by atoms with Crippen LogP contribution in [-0.4, -0.2) is 19.5 Å². The van der Waals surface area contributed by atoms with E-state index in [4.69, 9.17) is 19.4 Å². The molecule has 8 aromatic carbocycles. The Hall–Kier alpha value is -7.15. The van der Waals surface area contributed by atoms with Crippen molar-refractivity contribution in [3.8, 4) is 39.9 Å². The molecule has 4 heterocycles. The number of nitrogens with zero attached hydrogens (tertiary/aromatic N) is 4. The zero-order valence-corrected chi connectivity index (χ0v) is 30.1. The van der Waals surface area contributed by atoms with Gasteiger partial charge in [0.1, 0.15) is 11.2 Å². The Morgan fingerprint density at radius 1 is 0.436 bits per heavy atom. The fraction of sp³-hybridized carbons (Fsp3) is 0. The Morgan fingerprint density at radius 2 is 1.09 bits per heavy atom. The number of furan rings is 1. The molecule has 0 aliphatic carbocycles. The van der Waals surface area contributed by atoms with Crippen molar-refractivity contribution in [1.29, 1.82) is 0 Å². The SMILES string of the molecule is c1ccc(-c2nc(-c3ccccc3)nc(-c3cc4ccccc4c4oc5ccc(-n6c7ccccc7c7cc8c(cc76)sc6ccccc68)cc5c34)n2)cc1. The molecule has 5 nitrogen and oxygen atoms in total. The highest BCUT2D eigenvalue weighted by atomic mass is 32.1. The molecule has 0 aliphatic heterocycles. The van der Waals surface area contributed by atoms with Crippen LogP contribution in [0.4, 0.5) is 0 Å². The average Bonchev–Trinajstić information content (AvgIpc) is 3.92. The number of aromatic nitrogens is 4. The van der Waals surface area contributed by atoms with Crippen molar-refractivity contribution < 1.29 is 4.42 Å². The molecule has 0 bridgehead atoms. The first-order valence-electron chi connectivity index (χ1n) is 18.4. The second-order valence-electron chi connectivity index (χ2n) is 14.0. The number of rotatable bonds is 4. The molecule has 55 heavy (non-hydrogen) atoms. The monoisotopic (exact) mass is 720 g/mol. The summed E-state index contributed by atoms with van der Waals surface area (Å²) in [5.74, 6) is 1.84. The van der Waals surface area contributed by atoms with Gasteiger partial charge in [-0.3, -0.25) is 0 Å². The number of fused-ring (bicyclic) bond motifs is 11. The van der Waals surface area contributed by atoms with E-state index < -0.39 is 0 Å². The van der Waals surface area contributed by atoms with Crippen molar-refractivity contribution in [2.45, 2.75) is 0 Å². The standard InChI is InChI=1S/C49H28N4OS/c1-3-13-29(14-4-1)47-50-48(30-15-5-2-6-16-30)52-49(51-47)39-25-31-17-7-8-18-33(31)46-45(39)38-26-32(23-24-42(38)54-46)53-40-21-11-9-19-34(40)36-27-37-35-20-10-12-22-43(35)55-44(37)28-41(36)53/h1-28H. The summed E-state index contributed by atoms with van der Waals surface area (Å²) in [4.78, 5) is 15.3. The Bertz CT molecular complexity index is 3430. The summed E-state index contributed by atoms with van der Waals surface area (Å²) in [6.07, 6.45) is 0. The molecule has 12 rings (SSSR count). The molecule has 0 spiro atoms. The van der Waals surface area contributed by atoms with Crippen molar-refractivity contribution in [1.82, 2.24) is 19.5 Å². The first kappa shape index (κ1) is 30.3. The second kappa shape index (κ2) is 11.7. The minimum absolute atomic E-state index is 0.598. The molecule has 0 N–H and O–H groups in total. The van der Waals surface area contributed by atoms with Crippen LogP contribution in [0.5, 0.6) is 0 Å². The maximum atomic E-state index is 6.82. The topological polar surface area (TPSA) is 56.7 Å². The molecule has 0 unspecified atom stereocenters. The summed E-state index contributed by atoms with van der Waals surface area (Å²) in [7, 11) is 0. The van der Waals surface area contributed by atoms with E-state index in [9.17, 15) is 0 Å². The van der Waals surface area contributed by atoms with Crippen molar-refractivity contribution in [3.63, 3.8) is 0 Å². The molecule has 6 heteroatoms. The summed E-state index contributed by atoms with van der Waals surface area (Å²) in [6.45, 7) is 0. The first-order valence-corrected chi connectivity index (χ1v) is 19.2. The Kier molecular flexibility index (Phi) is 6.44. The third-order valence-corrected chi connectivity index (χ3v) is 11.9. The van der Waals surface area contributed by atoms with Crippen molar-refractivity contribution in [3.05, 3.63) is 170 Å². The normalized spacial score (nSPS) is 12.0. The lowest BCUT2D eigenvalue weighted by Crippen LogP contribution is -2.00. The summed E-state index contributed by atoms with van der Waals surface area (Å²) in [5, 5.41) is 9.15. The Labute approximate surface area is 318 Å². The van der Waals surface area contributed by atoms with Gasteiger partial charge in [0, 0.05) is 69.5 Å². The molecule has 0 saturated heterocycles. The highest BCUT2D eigenvalue weighted by Gasteiger charge is 2.22. The van der Waals surface area contributed by atoms with Crippen molar-refractivity contribution in [2.75, 3.05) is 0 Å². The molecule has 256 valence electrons. The third kappa shape index (κ3) is 4.62. The number of hydrogen-bond donors (Lipinski definition) is 0. The molecule has 4 aromatic heterocycles. The molecule has 0 aliphatic rings. The van der Waals surface area contributed by atoms with Crippen LogP contribution in [0, 0.1) is 0 Å². The zero-order valence-electron chi connectivity index (χ0n) is 29.3. The zero-order chi connectivity index (χ0) is 36.0. The number of hydrogen-bond acceptors (Lipinski definition) is 5. The van der Waals surface area contributed by atoms with Crippen LogP contribution in [0.15, 0.2) is 174 Å². The first-order chi connectivity index (χ1) is 27.2. The van der Waals surface area contributed by atoms with Crippen LogP contribution in [-0.2, 0) is 0 Å². The van der Waals surface area contributed by atoms with Gasteiger partial charge >= 0.3 is 0 Å². The third-order valence-electron chi connectivity index (χ3n) is 10.8. The Morgan fingerprint density at radius 3 is 1.87 bits per heavy atom. The van der Waals surface area contributed by atoms with E-state index in [1.165, 1.54) is 36.5 Å². The van der Waals surface area contributed by atoms with E-state index >= 15 is 0 Å². The number of thiophene rings is 1. The molecule has 0 saturated carbocycles. The largest absolute Gasteiger partial charge is 0.455 e. The van der Waals surface area contributed by atoms with Gasteiger partial charge < -0.3 is 8.98 Å². The molecule has 0 radical (unpaired) electrons. The van der Waals surface area contributed by atoms with Crippen LogP contribution in [0.25, 0.3) is 115 Å². The predicted octanol–water partition coefficient (Wildman–Crippen LogP) is 13.4. The van der Waals surface area contributed by atoms with Crippen LogP contribution in [0.3, 0.4) is 0 Å². The molecule has 0 amide bonds. The minimum Gasteiger partial charge on any atom is -0.455 e. The van der Waals surface area contributed by atoms with E-state index in [1.54, 1.807) is 0 Å². The molecule has 12 aromatic rings. The van der Waals surface area contributed by atoms with Crippen molar-refractivity contribution >= 4 is 86.0 Å². The van der Waals surface area contributed by atoms with E-state index in [-0.39, 0.29) is 0 Å². The van der Waals surface area contributed by atoms with Gasteiger partial charge in [0.2, 0.25) is 0 Å². The highest BCUT2D eigenvalue weighted by Crippen LogP contribution is 2.44. The lowest BCUT2D eigenvalue weighted by molar-refractivity contribution is 0.672. The fourth-order valence-corrected chi connectivity index (χ4v) is 9.43. The van der Waals surface area contributed by atoms with Crippen LogP contribution >= 0.6 is 11.3 Å². The summed E-state index contributed by atoms with van der Waals surface area (Å²) in [6, 6.07) is 59.6. The van der Waals surface area contributed by atoms with Gasteiger partial charge in [0.05, 0.1) is 11.0 Å². The summed E-state index contributed by atoms with van der Waals surface area (Å²) in [5.41, 5.74) is 7.78. The maximum absolute atomic E-state index is 6.82. The molecule has 0 fully saturated rings. The second-order valence-corrected chi connectivity index (χ2v) is 15.1. The van der Waals surface area contributed by atoms with Gasteiger partial charge in [-0.15, -0.1) is 11.3 Å². The van der Waals surface area contributed by atoms with Gasteiger partial charge in [0.15, 0.2) is 17.5 Å². The van der Waals surface area contributed by atoms with E-state index in [0.717, 1.165) is 60.6 Å².